The van der Waals surface area contributed by atoms with Crippen molar-refractivity contribution >= 4 is 33.1 Å². The van der Waals surface area contributed by atoms with Gasteiger partial charge in [0.15, 0.2) is 5.75 Å². The fraction of sp³-hybridized carbons (Fsp3) is 0.100. The smallest absolute Gasteiger partial charge is 0.150 e. The Bertz CT molecular complexity index is 1030. The zero-order chi connectivity index (χ0) is 17.2. The van der Waals surface area contributed by atoms with Gasteiger partial charge in [0.2, 0.25) is 0 Å². The van der Waals surface area contributed by atoms with Crippen molar-refractivity contribution in [1.82, 2.24) is 9.97 Å². The molecule has 2 aromatic carbocycles. The average molecular weight is 347 g/mol. The molecule has 0 unspecified atom stereocenters. The highest BCUT2D eigenvalue weighted by atomic mass is 32.1. The summed E-state index contributed by atoms with van der Waals surface area (Å²) in [6, 6.07) is 17.6. The molecule has 124 valence electrons. The lowest BCUT2D eigenvalue weighted by atomic mass is 10.2. The predicted octanol–water partition coefficient (Wildman–Crippen LogP) is 5.84. The fourth-order valence-corrected chi connectivity index (χ4v) is 3.68. The van der Waals surface area contributed by atoms with Gasteiger partial charge >= 0.3 is 0 Å². The van der Waals surface area contributed by atoms with Gasteiger partial charge in [0.25, 0.3) is 0 Å². The van der Waals surface area contributed by atoms with Gasteiger partial charge in [-0.2, -0.15) is 0 Å². The highest BCUT2D eigenvalue weighted by Gasteiger charge is 2.13. The molecule has 0 saturated heterocycles. The number of aromatic nitrogens is 2. The molecule has 0 fully saturated rings. The van der Waals surface area contributed by atoms with Crippen LogP contribution in [0.25, 0.3) is 10.2 Å². The van der Waals surface area contributed by atoms with E-state index in [1.165, 1.54) is 10.4 Å². The Morgan fingerprint density at radius 1 is 0.920 bits per heavy atom. The number of nitrogens with one attached hydrogen (secondary N) is 1. The maximum atomic E-state index is 6.03. The molecule has 0 aliphatic carbocycles. The number of rotatable bonds is 4. The fourth-order valence-electron chi connectivity index (χ4n) is 2.68. The number of nitrogens with zero attached hydrogens (tertiary/aromatic N) is 2. The quantitative estimate of drug-likeness (QED) is 0.503. The molecule has 1 N–H and O–H groups in total. The Morgan fingerprint density at radius 2 is 1.68 bits per heavy atom. The van der Waals surface area contributed by atoms with Gasteiger partial charge in [-0.15, -0.1) is 11.3 Å². The number of ether oxygens (including phenoxy) is 1. The first-order valence-corrected chi connectivity index (χ1v) is 8.83. The maximum Gasteiger partial charge on any atom is 0.150 e. The number of para-hydroxylation sites is 3. The number of benzene rings is 2. The minimum atomic E-state index is 0.755. The van der Waals surface area contributed by atoms with Crippen LogP contribution in [0.2, 0.25) is 0 Å². The van der Waals surface area contributed by atoms with Gasteiger partial charge in [0.05, 0.1) is 11.1 Å². The molecule has 0 aliphatic heterocycles. The molecule has 4 rings (SSSR count). The zero-order valence-corrected chi connectivity index (χ0v) is 14.8. The van der Waals surface area contributed by atoms with E-state index in [0.29, 0.717) is 0 Å². The van der Waals surface area contributed by atoms with Crippen molar-refractivity contribution in [1.29, 1.82) is 0 Å². The van der Waals surface area contributed by atoms with Crippen LogP contribution in [0.4, 0.5) is 11.5 Å². The largest absolute Gasteiger partial charge is 0.455 e. The van der Waals surface area contributed by atoms with Crippen LogP contribution in [0.3, 0.4) is 0 Å². The van der Waals surface area contributed by atoms with Gasteiger partial charge in [0, 0.05) is 4.88 Å². The second kappa shape index (κ2) is 6.53. The molecule has 2 heterocycles. The SMILES string of the molecule is Cc1sc2ncnc(Nc3ccccc3Oc3ccccc3)c2c1C. The number of fused-ring (bicyclic) bond motifs is 1. The first-order valence-electron chi connectivity index (χ1n) is 8.02. The van der Waals surface area contributed by atoms with E-state index in [4.69, 9.17) is 4.74 Å². The lowest BCUT2D eigenvalue weighted by Gasteiger charge is -2.13. The number of anilines is 2. The first kappa shape index (κ1) is 15.6. The standard InChI is InChI=1S/C20H17N3OS/c1-13-14(2)25-20-18(13)19(21-12-22-20)23-16-10-6-7-11-17(16)24-15-8-4-3-5-9-15/h3-12H,1-2H3,(H,21,22,23). The van der Waals surface area contributed by atoms with Crippen molar-refractivity contribution in [3.8, 4) is 11.5 Å². The molecule has 2 aromatic heterocycles. The van der Waals surface area contributed by atoms with Gasteiger partial charge in [-0.3, -0.25) is 0 Å². The van der Waals surface area contributed by atoms with E-state index >= 15 is 0 Å². The molecule has 5 heteroatoms. The van der Waals surface area contributed by atoms with Gasteiger partial charge in [-0.1, -0.05) is 30.3 Å². The number of hydrogen-bond donors (Lipinski definition) is 1. The average Bonchev–Trinajstić information content (AvgIpc) is 2.93. The molecule has 0 aliphatic rings. The third-order valence-corrected chi connectivity index (χ3v) is 5.19. The third kappa shape index (κ3) is 3.06. The second-order valence-corrected chi connectivity index (χ2v) is 6.93. The Kier molecular flexibility index (Phi) is 4.07. The van der Waals surface area contributed by atoms with E-state index < -0.39 is 0 Å². The van der Waals surface area contributed by atoms with Gasteiger partial charge < -0.3 is 10.1 Å². The van der Waals surface area contributed by atoms with Crippen molar-refractivity contribution in [2.45, 2.75) is 13.8 Å². The number of hydrogen-bond acceptors (Lipinski definition) is 5. The van der Waals surface area contributed by atoms with E-state index in [-0.39, 0.29) is 0 Å². The van der Waals surface area contributed by atoms with Crippen molar-refractivity contribution < 1.29 is 4.74 Å². The van der Waals surface area contributed by atoms with Crippen LogP contribution in [-0.2, 0) is 0 Å². The van der Waals surface area contributed by atoms with Crippen molar-refractivity contribution in [3.05, 3.63) is 71.4 Å². The van der Waals surface area contributed by atoms with Crippen LogP contribution in [0.15, 0.2) is 60.9 Å². The lowest BCUT2D eigenvalue weighted by molar-refractivity contribution is 0.485. The first-order chi connectivity index (χ1) is 12.2. The van der Waals surface area contributed by atoms with Gasteiger partial charge in [-0.25, -0.2) is 9.97 Å². The van der Waals surface area contributed by atoms with Gasteiger partial charge in [0.1, 0.15) is 22.7 Å². The minimum absolute atomic E-state index is 0.755. The molecule has 4 nitrogen and oxygen atoms in total. The number of thiophene rings is 1. The van der Waals surface area contributed by atoms with Crippen LogP contribution < -0.4 is 10.1 Å². The Labute approximate surface area is 150 Å². The molecule has 0 saturated carbocycles. The highest BCUT2D eigenvalue weighted by Crippen LogP contribution is 2.36. The summed E-state index contributed by atoms with van der Waals surface area (Å²) in [5, 5.41) is 4.49. The molecule has 0 amide bonds. The summed E-state index contributed by atoms with van der Waals surface area (Å²) in [7, 11) is 0. The Hall–Kier alpha value is -2.92. The molecular formula is C20H17N3OS. The molecule has 0 spiro atoms. The molecule has 25 heavy (non-hydrogen) atoms. The summed E-state index contributed by atoms with van der Waals surface area (Å²) in [4.78, 5) is 11.1. The van der Waals surface area contributed by atoms with Crippen LogP contribution in [0.5, 0.6) is 11.5 Å². The highest BCUT2D eigenvalue weighted by molar-refractivity contribution is 7.18. The number of aryl methyl sites for hydroxylation is 2. The van der Waals surface area contributed by atoms with Crippen LogP contribution in [-0.4, -0.2) is 9.97 Å². The maximum absolute atomic E-state index is 6.03. The normalized spacial score (nSPS) is 10.8. The zero-order valence-electron chi connectivity index (χ0n) is 14.0. The second-order valence-electron chi connectivity index (χ2n) is 5.72. The molecule has 0 atom stereocenters. The van der Waals surface area contributed by atoms with Crippen LogP contribution in [0, 0.1) is 13.8 Å². The lowest BCUT2D eigenvalue weighted by Crippen LogP contribution is -1.98. The summed E-state index contributed by atoms with van der Waals surface area (Å²) >= 11 is 1.69. The minimum Gasteiger partial charge on any atom is -0.455 e. The predicted molar refractivity (Wildman–Crippen MR) is 103 cm³/mol. The van der Waals surface area contributed by atoms with E-state index in [0.717, 1.165) is 33.2 Å². The van der Waals surface area contributed by atoms with Gasteiger partial charge in [-0.05, 0) is 43.7 Å². The van der Waals surface area contributed by atoms with E-state index in [1.54, 1.807) is 17.7 Å². The molecular weight excluding hydrogens is 330 g/mol. The molecule has 0 bridgehead atoms. The summed E-state index contributed by atoms with van der Waals surface area (Å²) in [6.45, 7) is 4.22. The monoisotopic (exact) mass is 347 g/mol. The Morgan fingerprint density at radius 3 is 2.52 bits per heavy atom. The summed E-state index contributed by atoms with van der Waals surface area (Å²) in [5.41, 5.74) is 2.08. The summed E-state index contributed by atoms with van der Waals surface area (Å²) in [5.74, 6) is 2.35. The topological polar surface area (TPSA) is 47.0 Å². The summed E-state index contributed by atoms with van der Waals surface area (Å²) < 4.78 is 6.03. The van der Waals surface area contributed by atoms with E-state index in [1.807, 2.05) is 54.6 Å². The van der Waals surface area contributed by atoms with Crippen LogP contribution >= 0.6 is 11.3 Å². The van der Waals surface area contributed by atoms with Crippen molar-refractivity contribution in [2.24, 2.45) is 0 Å². The van der Waals surface area contributed by atoms with E-state index in [9.17, 15) is 0 Å². The molecule has 4 aromatic rings. The van der Waals surface area contributed by atoms with Crippen molar-refractivity contribution in [2.75, 3.05) is 5.32 Å². The Balaban J connectivity index is 1.73. The summed E-state index contributed by atoms with van der Waals surface area (Å²) in [6.07, 6.45) is 1.60. The van der Waals surface area contributed by atoms with Crippen LogP contribution in [0.1, 0.15) is 10.4 Å². The van der Waals surface area contributed by atoms with E-state index in [2.05, 4.69) is 29.1 Å². The third-order valence-electron chi connectivity index (χ3n) is 4.08. The molecule has 0 radical (unpaired) electrons. The van der Waals surface area contributed by atoms with Crippen molar-refractivity contribution in [3.63, 3.8) is 0 Å².